The molecule has 0 saturated carbocycles. The molecule has 0 aliphatic carbocycles. The monoisotopic (exact) mass is 351 g/mol. The number of halogens is 3. The van der Waals surface area contributed by atoms with Crippen LogP contribution in [0.15, 0.2) is 48.5 Å². The van der Waals surface area contributed by atoms with E-state index in [0.29, 0.717) is 11.3 Å². The predicted molar refractivity (Wildman–Crippen MR) is 89.3 cm³/mol. The van der Waals surface area contributed by atoms with Crippen LogP contribution in [0.25, 0.3) is 0 Å². The average molecular weight is 351 g/mol. The third-order valence-electron chi connectivity index (χ3n) is 3.82. The van der Waals surface area contributed by atoms with Crippen LogP contribution in [0.2, 0.25) is 0 Å². The van der Waals surface area contributed by atoms with Gasteiger partial charge in [0.05, 0.1) is 11.6 Å². The molecule has 25 heavy (non-hydrogen) atoms. The molecule has 0 aliphatic heterocycles. The van der Waals surface area contributed by atoms with Gasteiger partial charge in [-0.25, -0.2) is 0 Å². The summed E-state index contributed by atoms with van der Waals surface area (Å²) in [4.78, 5) is 11.9. The van der Waals surface area contributed by atoms with Crippen molar-refractivity contribution < 1.29 is 22.7 Å². The van der Waals surface area contributed by atoms with E-state index >= 15 is 0 Å². The number of aryl methyl sites for hydroxylation is 1. The Morgan fingerprint density at radius 3 is 2.20 bits per heavy atom. The first-order valence-corrected chi connectivity index (χ1v) is 7.98. The third-order valence-corrected chi connectivity index (χ3v) is 3.82. The summed E-state index contributed by atoms with van der Waals surface area (Å²) in [5.41, 5.74) is 1.05. The lowest BCUT2D eigenvalue weighted by molar-refractivity contribution is -0.137. The van der Waals surface area contributed by atoms with Gasteiger partial charge in [0.25, 0.3) is 5.91 Å². The highest BCUT2D eigenvalue weighted by molar-refractivity contribution is 5.78. The normalized spacial score (nSPS) is 12.5. The van der Waals surface area contributed by atoms with E-state index in [1.807, 2.05) is 19.1 Å². The van der Waals surface area contributed by atoms with Gasteiger partial charge < -0.3 is 10.1 Å². The lowest BCUT2D eigenvalue weighted by Crippen LogP contribution is -2.31. The summed E-state index contributed by atoms with van der Waals surface area (Å²) < 4.78 is 43.1. The molecule has 6 heteroatoms. The predicted octanol–water partition coefficient (Wildman–Crippen LogP) is 4.52. The largest absolute Gasteiger partial charge is 0.484 e. The van der Waals surface area contributed by atoms with Crippen molar-refractivity contribution in [2.45, 2.75) is 32.5 Å². The van der Waals surface area contributed by atoms with Crippen LogP contribution in [0.5, 0.6) is 5.75 Å². The van der Waals surface area contributed by atoms with Crippen molar-refractivity contribution in [3.05, 3.63) is 65.2 Å². The highest BCUT2D eigenvalue weighted by Crippen LogP contribution is 2.29. The first kappa shape index (κ1) is 18.8. The second-order valence-corrected chi connectivity index (χ2v) is 5.70. The van der Waals surface area contributed by atoms with E-state index in [0.717, 1.165) is 18.6 Å². The van der Waals surface area contributed by atoms with E-state index < -0.39 is 17.8 Å². The molecule has 1 unspecified atom stereocenters. The van der Waals surface area contributed by atoms with Crippen molar-refractivity contribution in [2.24, 2.45) is 0 Å². The van der Waals surface area contributed by atoms with Crippen molar-refractivity contribution in [1.82, 2.24) is 5.32 Å². The van der Waals surface area contributed by atoms with Gasteiger partial charge in [-0.2, -0.15) is 13.2 Å². The van der Waals surface area contributed by atoms with E-state index in [4.69, 9.17) is 4.74 Å². The minimum atomic E-state index is -4.37. The van der Waals surface area contributed by atoms with Gasteiger partial charge in [-0.1, -0.05) is 31.2 Å². The van der Waals surface area contributed by atoms with Gasteiger partial charge in [-0.15, -0.1) is 0 Å². The van der Waals surface area contributed by atoms with E-state index in [1.54, 1.807) is 19.1 Å². The summed E-state index contributed by atoms with van der Waals surface area (Å²) in [6.45, 7) is 3.60. The van der Waals surface area contributed by atoms with Gasteiger partial charge in [-0.05, 0) is 48.7 Å². The fourth-order valence-electron chi connectivity index (χ4n) is 2.30. The van der Waals surface area contributed by atoms with Gasteiger partial charge >= 0.3 is 6.18 Å². The second-order valence-electron chi connectivity index (χ2n) is 5.70. The molecule has 1 atom stereocenters. The summed E-state index contributed by atoms with van der Waals surface area (Å²) in [6, 6.07) is 11.8. The number of carbonyl (C=O) groups excluding carboxylic acids is 1. The van der Waals surface area contributed by atoms with E-state index in [9.17, 15) is 18.0 Å². The Bertz CT molecular complexity index is 694. The van der Waals surface area contributed by atoms with Crippen molar-refractivity contribution in [1.29, 1.82) is 0 Å². The molecule has 0 radical (unpaired) electrons. The van der Waals surface area contributed by atoms with E-state index in [2.05, 4.69) is 5.32 Å². The summed E-state index contributed by atoms with van der Waals surface area (Å²) in [5, 5.41) is 2.70. The average Bonchev–Trinajstić information content (AvgIpc) is 2.59. The first-order valence-electron chi connectivity index (χ1n) is 7.98. The third kappa shape index (κ3) is 5.52. The van der Waals surface area contributed by atoms with Crippen LogP contribution in [0.1, 0.15) is 36.6 Å². The Kier molecular flexibility index (Phi) is 6.07. The molecule has 0 saturated heterocycles. The Morgan fingerprint density at radius 2 is 1.68 bits per heavy atom. The lowest BCUT2D eigenvalue weighted by atomic mass is 10.1. The fourth-order valence-corrected chi connectivity index (χ4v) is 2.30. The summed E-state index contributed by atoms with van der Waals surface area (Å²) in [7, 11) is 0. The number of alkyl halides is 3. The standard InChI is InChI=1S/C19H20F3NO2/c1-3-14-4-10-17(11-5-14)25-12-18(24)23-13(2)15-6-8-16(9-7-15)19(20,21)22/h4-11,13H,3,12H2,1-2H3,(H,23,24). The van der Waals surface area contributed by atoms with Crippen LogP contribution in [-0.2, 0) is 17.4 Å². The molecule has 0 spiro atoms. The zero-order valence-electron chi connectivity index (χ0n) is 14.1. The Hall–Kier alpha value is -2.50. The number of rotatable bonds is 6. The highest BCUT2D eigenvalue weighted by atomic mass is 19.4. The van der Waals surface area contributed by atoms with Crippen LogP contribution < -0.4 is 10.1 Å². The Labute approximate surface area is 144 Å². The second kappa shape index (κ2) is 8.05. The maximum Gasteiger partial charge on any atom is 0.416 e. The highest BCUT2D eigenvalue weighted by Gasteiger charge is 2.30. The fraction of sp³-hybridized carbons (Fsp3) is 0.316. The molecular weight excluding hydrogens is 331 g/mol. The summed E-state index contributed by atoms with van der Waals surface area (Å²) in [6.07, 6.45) is -3.45. The number of hydrogen-bond acceptors (Lipinski definition) is 2. The molecule has 0 aromatic heterocycles. The van der Waals surface area contributed by atoms with Crippen LogP contribution in [0.4, 0.5) is 13.2 Å². The van der Waals surface area contributed by atoms with Gasteiger partial charge in [0.15, 0.2) is 6.61 Å². The SMILES string of the molecule is CCc1ccc(OCC(=O)NC(C)c2ccc(C(F)(F)F)cc2)cc1. The van der Waals surface area contributed by atoms with Crippen LogP contribution in [-0.4, -0.2) is 12.5 Å². The number of nitrogens with one attached hydrogen (secondary N) is 1. The van der Waals surface area contributed by atoms with Crippen LogP contribution in [0, 0.1) is 0 Å². The van der Waals surface area contributed by atoms with E-state index in [-0.39, 0.29) is 12.5 Å². The Balaban J connectivity index is 1.86. The number of carbonyl (C=O) groups is 1. The molecule has 0 fully saturated rings. The maximum absolute atomic E-state index is 12.6. The number of hydrogen-bond donors (Lipinski definition) is 1. The minimum absolute atomic E-state index is 0.156. The van der Waals surface area contributed by atoms with Crippen molar-refractivity contribution >= 4 is 5.91 Å². The van der Waals surface area contributed by atoms with Gasteiger partial charge in [0, 0.05) is 0 Å². The molecule has 0 bridgehead atoms. The zero-order valence-corrected chi connectivity index (χ0v) is 14.1. The lowest BCUT2D eigenvalue weighted by Gasteiger charge is -2.16. The molecule has 1 N–H and O–H groups in total. The van der Waals surface area contributed by atoms with Crippen LogP contribution >= 0.6 is 0 Å². The quantitative estimate of drug-likeness (QED) is 0.831. The van der Waals surface area contributed by atoms with Gasteiger partial charge in [-0.3, -0.25) is 4.79 Å². The van der Waals surface area contributed by atoms with E-state index in [1.165, 1.54) is 17.7 Å². The van der Waals surface area contributed by atoms with Crippen molar-refractivity contribution in [3.8, 4) is 5.75 Å². The molecule has 0 heterocycles. The molecule has 2 aromatic rings. The molecule has 3 nitrogen and oxygen atoms in total. The minimum Gasteiger partial charge on any atom is -0.484 e. The maximum atomic E-state index is 12.6. The molecule has 0 aliphatic rings. The Morgan fingerprint density at radius 1 is 1.08 bits per heavy atom. The smallest absolute Gasteiger partial charge is 0.416 e. The van der Waals surface area contributed by atoms with Gasteiger partial charge in [0.2, 0.25) is 0 Å². The number of ether oxygens (including phenoxy) is 1. The van der Waals surface area contributed by atoms with Crippen LogP contribution in [0.3, 0.4) is 0 Å². The topological polar surface area (TPSA) is 38.3 Å². The first-order chi connectivity index (χ1) is 11.8. The number of benzene rings is 2. The summed E-state index contributed by atoms with van der Waals surface area (Å²) >= 11 is 0. The number of amides is 1. The van der Waals surface area contributed by atoms with Crippen molar-refractivity contribution in [2.75, 3.05) is 6.61 Å². The molecule has 134 valence electrons. The summed E-state index contributed by atoms with van der Waals surface area (Å²) in [5.74, 6) is 0.251. The van der Waals surface area contributed by atoms with Gasteiger partial charge in [0.1, 0.15) is 5.75 Å². The molecule has 2 rings (SSSR count). The van der Waals surface area contributed by atoms with Crippen molar-refractivity contribution in [3.63, 3.8) is 0 Å². The molecular formula is C19H20F3NO2. The molecule has 2 aromatic carbocycles. The zero-order chi connectivity index (χ0) is 18.4. The molecule has 1 amide bonds.